The third-order valence-electron chi connectivity index (χ3n) is 5.96. The van der Waals surface area contributed by atoms with Crippen LogP contribution < -0.4 is 5.73 Å². The number of likely N-dealkylation sites (tertiary alicyclic amines) is 1. The minimum absolute atomic E-state index is 0.371. The monoisotopic (exact) mass is 288 g/mol. The first-order chi connectivity index (χ1) is 10.4. The fourth-order valence-corrected chi connectivity index (χ4v) is 4.60. The smallest absolute Gasteiger partial charge is 0.0951 e. The van der Waals surface area contributed by atoms with Gasteiger partial charge < -0.3 is 10.3 Å². The van der Waals surface area contributed by atoms with E-state index in [0.717, 1.165) is 18.4 Å². The number of aromatic nitrogens is 2. The van der Waals surface area contributed by atoms with Gasteiger partial charge >= 0.3 is 0 Å². The lowest BCUT2D eigenvalue weighted by Gasteiger charge is -2.44. The van der Waals surface area contributed by atoms with Gasteiger partial charge in [-0.05, 0) is 44.1 Å². The van der Waals surface area contributed by atoms with Crippen LogP contribution in [0.3, 0.4) is 0 Å². The lowest BCUT2D eigenvalue weighted by molar-refractivity contribution is 0.0563. The molecule has 3 fully saturated rings. The van der Waals surface area contributed by atoms with Crippen molar-refractivity contribution in [2.45, 2.75) is 57.0 Å². The molecule has 4 rings (SSSR count). The summed E-state index contributed by atoms with van der Waals surface area (Å²) >= 11 is 0. The molecular formula is C17H28N4. The van der Waals surface area contributed by atoms with E-state index in [1.54, 1.807) is 0 Å². The zero-order chi connectivity index (χ0) is 14.2. The number of rotatable bonds is 4. The highest BCUT2D eigenvalue weighted by Gasteiger charge is 2.36. The summed E-state index contributed by atoms with van der Waals surface area (Å²) in [4.78, 5) is 7.06. The highest BCUT2D eigenvalue weighted by Crippen LogP contribution is 2.40. The summed E-state index contributed by atoms with van der Waals surface area (Å²) in [6, 6.07) is 1.07. The molecular weight excluding hydrogens is 260 g/mol. The summed E-state index contributed by atoms with van der Waals surface area (Å²) in [5.41, 5.74) is 7.53. The molecule has 4 heteroatoms. The molecule has 3 unspecified atom stereocenters. The van der Waals surface area contributed by atoms with Gasteiger partial charge in [-0.25, -0.2) is 4.98 Å². The molecule has 116 valence electrons. The van der Waals surface area contributed by atoms with Crippen molar-refractivity contribution in [2.24, 2.45) is 17.6 Å². The minimum atomic E-state index is 0.371. The van der Waals surface area contributed by atoms with Crippen LogP contribution in [0.25, 0.3) is 0 Å². The van der Waals surface area contributed by atoms with E-state index >= 15 is 0 Å². The molecule has 1 aromatic rings. The summed E-state index contributed by atoms with van der Waals surface area (Å²) < 4.78 is 2.39. The number of imidazole rings is 1. The molecule has 2 heterocycles. The molecule has 21 heavy (non-hydrogen) atoms. The van der Waals surface area contributed by atoms with E-state index in [1.165, 1.54) is 63.7 Å². The third-order valence-corrected chi connectivity index (χ3v) is 5.96. The van der Waals surface area contributed by atoms with Gasteiger partial charge in [0.05, 0.1) is 18.1 Å². The lowest BCUT2D eigenvalue weighted by atomic mass is 9.75. The Balaban J connectivity index is 1.51. The van der Waals surface area contributed by atoms with Crippen LogP contribution >= 0.6 is 0 Å². The summed E-state index contributed by atoms with van der Waals surface area (Å²) in [6.45, 7) is 3.19. The average Bonchev–Trinajstić information content (AvgIpc) is 3.27. The fourth-order valence-electron chi connectivity index (χ4n) is 4.60. The van der Waals surface area contributed by atoms with Crippen LogP contribution in [0.2, 0.25) is 0 Å². The van der Waals surface area contributed by atoms with E-state index in [4.69, 9.17) is 5.73 Å². The summed E-state index contributed by atoms with van der Waals surface area (Å²) in [6.07, 6.45) is 13.9. The largest absolute Gasteiger partial charge is 0.330 e. The van der Waals surface area contributed by atoms with Gasteiger partial charge in [0.1, 0.15) is 0 Å². The van der Waals surface area contributed by atoms with E-state index in [-0.39, 0.29) is 0 Å². The van der Waals surface area contributed by atoms with Gasteiger partial charge in [-0.1, -0.05) is 19.3 Å². The van der Waals surface area contributed by atoms with E-state index in [0.29, 0.717) is 12.1 Å². The summed E-state index contributed by atoms with van der Waals surface area (Å²) in [5.74, 6) is 1.90. The first kappa shape index (κ1) is 13.8. The van der Waals surface area contributed by atoms with E-state index in [1.807, 2.05) is 6.33 Å². The topological polar surface area (TPSA) is 47.1 Å². The molecule has 2 saturated carbocycles. The van der Waals surface area contributed by atoms with E-state index in [2.05, 4.69) is 20.6 Å². The van der Waals surface area contributed by atoms with Crippen molar-refractivity contribution >= 4 is 0 Å². The van der Waals surface area contributed by atoms with Gasteiger partial charge in [0.2, 0.25) is 0 Å². The van der Waals surface area contributed by atoms with Crippen molar-refractivity contribution in [2.75, 3.05) is 19.6 Å². The lowest BCUT2D eigenvalue weighted by Crippen LogP contribution is -2.45. The van der Waals surface area contributed by atoms with Crippen LogP contribution in [0.4, 0.5) is 0 Å². The van der Waals surface area contributed by atoms with Crippen LogP contribution in [-0.2, 0) is 0 Å². The number of nitrogens with two attached hydrogens (primary N) is 1. The van der Waals surface area contributed by atoms with Crippen molar-refractivity contribution < 1.29 is 0 Å². The normalized spacial score (nSPS) is 31.9. The van der Waals surface area contributed by atoms with E-state index < -0.39 is 0 Å². The van der Waals surface area contributed by atoms with Crippen LogP contribution in [0, 0.1) is 11.8 Å². The van der Waals surface area contributed by atoms with Gasteiger partial charge in [-0.2, -0.15) is 0 Å². The fraction of sp³-hybridized carbons (Fsp3) is 0.824. The van der Waals surface area contributed by atoms with Crippen LogP contribution in [0.5, 0.6) is 0 Å². The number of piperidine rings is 1. The highest BCUT2D eigenvalue weighted by molar-refractivity contribution is 5.10. The number of nitrogens with zero attached hydrogens (tertiary/aromatic N) is 3. The molecule has 3 aliphatic rings. The predicted octanol–water partition coefficient (Wildman–Crippen LogP) is 2.73. The Morgan fingerprint density at radius 3 is 2.71 bits per heavy atom. The summed E-state index contributed by atoms with van der Waals surface area (Å²) in [5, 5.41) is 0. The van der Waals surface area contributed by atoms with Crippen LogP contribution in [0.1, 0.15) is 62.7 Å². The Kier molecular flexibility index (Phi) is 3.76. The number of hydrogen-bond donors (Lipinski definition) is 1. The Morgan fingerprint density at radius 2 is 1.95 bits per heavy atom. The maximum atomic E-state index is 6.17. The van der Waals surface area contributed by atoms with Crippen molar-refractivity contribution in [3.8, 4) is 0 Å². The molecule has 0 aromatic carbocycles. The average molecular weight is 288 g/mol. The first-order valence-electron chi connectivity index (χ1n) is 8.82. The third kappa shape index (κ3) is 2.64. The molecule has 1 aromatic heterocycles. The maximum absolute atomic E-state index is 6.17. The highest BCUT2D eigenvalue weighted by atomic mass is 15.2. The van der Waals surface area contributed by atoms with Gasteiger partial charge in [0.15, 0.2) is 0 Å². The number of fused-ring (bicyclic) bond motifs is 1. The van der Waals surface area contributed by atoms with Gasteiger partial charge in [-0.3, -0.25) is 4.90 Å². The molecule has 1 saturated heterocycles. The molecule has 2 aliphatic carbocycles. The molecule has 0 radical (unpaired) electrons. The molecule has 0 spiro atoms. The molecule has 0 bridgehead atoms. The van der Waals surface area contributed by atoms with Gasteiger partial charge in [0, 0.05) is 25.3 Å². The molecule has 0 amide bonds. The second-order valence-electron chi connectivity index (χ2n) is 7.30. The SMILES string of the molecule is NCC(c1cncn1C1CC1)N1CCC2CCCCC2C1. The van der Waals surface area contributed by atoms with Crippen molar-refractivity contribution in [1.82, 2.24) is 14.5 Å². The Labute approximate surface area is 127 Å². The van der Waals surface area contributed by atoms with Gasteiger partial charge in [0.25, 0.3) is 0 Å². The molecule has 2 N–H and O–H groups in total. The predicted molar refractivity (Wildman–Crippen MR) is 83.9 cm³/mol. The van der Waals surface area contributed by atoms with Crippen LogP contribution in [0.15, 0.2) is 12.5 Å². The van der Waals surface area contributed by atoms with Crippen molar-refractivity contribution in [3.05, 3.63) is 18.2 Å². The van der Waals surface area contributed by atoms with Gasteiger partial charge in [-0.15, -0.1) is 0 Å². The van der Waals surface area contributed by atoms with E-state index in [9.17, 15) is 0 Å². The molecule has 3 atom stereocenters. The molecule has 1 aliphatic heterocycles. The minimum Gasteiger partial charge on any atom is -0.330 e. The van der Waals surface area contributed by atoms with Crippen molar-refractivity contribution in [1.29, 1.82) is 0 Å². The second-order valence-corrected chi connectivity index (χ2v) is 7.30. The Morgan fingerprint density at radius 1 is 1.14 bits per heavy atom. The zero-order valence-corrected chi connectivity index (χ0v) is 13.0. The number of hydrogen-bond acceptors (Lipinski definition) is 3. The second kappa shape index (κ2) is 5.73. The first-order valence-corrected chi connectivity index (χ1v) is 8.82. The zero-order valence-electron chi connectivity index (χ0n) is 13.0. The quantitative estimate of drug-likeness (QED) is 0.926. The standard InChI is InChI=1S/C17H28N4/c18-9-16(17-10-19-12-21(17)15-5-6-15)20-8-7-13-3-1-2-4-14(13)11-20/h10,12-16H,1-9,11,18H2. The van der Waals surface area contributed by atoms with Crippen molar-refractivity contribution in [3.63, 3.8) is 0 Å². The maximum Gasteiger partial charge on any atom is 0.0951 e. The Bertz CT molecular complexity index is 479. The Hall–Kier alpha value is -0.870. The molecule has 4 nitrogen and oxygen atoms in total. The summed E-state index contributed by atoms with van der Waals surface area (Å²) in [7, 11) is 0. The van der Waals surface area contributed by atoms with Crippen LogP contribution in [-0.4, -0.2) is 34.1 Å².